The standard InChI is InChI=1S/C13H22ClN3/c1-9-12(13(14)17(2)16-9)8-10-5-3-4-6-11(15)7-10/h10-11H,3-8,15H2,1-2H3. The van der Waals surface area contributed by atoms with Crippen molar-refractivity contribution in [3.8, 4) is 0 Å². The highest BCUT2D eigenvalue weighted by atomic mass is 35.5. The van der Waals surface area contributed by atoms with Crippen molar-refractivity contribution in [2.75, 3.05) is 0 Å². The normalized spacial score (nSPS) is 25.9. The van der Waals surface area contributed by atoms with Gasteiger partial charge in [0.1, 0.15) is 5.15 Å². The summed E-state index contributed by atoms with van der Waals surface area (Å²) in [4.78, 5) is 0. The number of aryl methyl sites for hydroxylation is 2. The molecule has 1 aromatic rings. The molecule has 0 amide bonds. The van der Waals surface area contributed by atoms with Gasteiger partial charge in [-0.1, -0.05) is 30.9 Å². The molecule has 1 aromatic heterocycles. The van der Waals surface area contributed by atoms with E-state index in [1.54, 1.807) is 4.68 Å². The van der Waals surface area contributed by atoms with Crippen molar-refractivity contribution in [2.45, 2.75) is 51.5 Å². The first kappa shape index (κ1) is 12.9. The average Bonchev–Trinajstić information content (AvgIpc) is 2.46. The van der Waals surface area contributed by atoms with Crippen LogP contribution in [0.3, 0.4) is 0 Å². The molecule has 2 N–H and O–H groups in total. The minimum absolute atomic E-state index is 0.373. The fourth-order valence-electron chi connectivity index (χ4n) is 2.88. The van der Waals surface area contributed by atoms with Crippen molar-refractivity contribution in [3.05, 3.63) is 16.4 Å². The zero-order chi connectivity index (χ0) is 12.4. The van der Waals surface area contributed by atoms with Crippen molar-refractivity contribution in [3.63, 3.8) is 0 Å². The lowest BCUT2D eigenvalue weighted by Gasteiger charge is -2.16. The summed E-state index contributed by atoms with van der Waals surface area (Å²) in [5, 5.41) is 5.16. The summed E-state index contributed by atoms with van der Waals surface area (Å²) in [6.45, 7) is 2.04. The third-order valence-electron chi connectivity index (χ3n) is 3.84. The van der Waals surface area contributed by atoms with Crippen LogP contribution in [0.1, 0.15) is 43.4 Å². The van der Waals surface area contributed by atoms with E-state index in [4.69, 9.17) is 17.3 Å². The number of rotatable bonds is 2. The Labute approximate surface area is 108 Å². The molecule has 3 nitrogen and oxygen atoms in total. The van der Waals surface area contributed by atoms with Crippen LogP contribution in [0.4, 0.5) is 0 Å². The van der Waals surface area contributed by atoms with E-state index in [-0.39, 0.29) is 0 Å². The van der Waals surface area contributed by atoms with Gasteiger partial charge in [-0.05, 0) is 32.1 Å². The molecule has 0 spiro atoms. The van der Waals surface area contributed by atoms with Gasteiger partial charge in [0.15, 0.2) is 0 Å². The minimum Gasteiger partial charge on any atom is -0.328 e. The maximum Gasteiger partial charge on any atom is 0.130 e. The van der Waals surface area contributed by atoms with E-state index in [1.807, 2.05) is 14.0 Å². The molecule has 0 aliphatic heterocycles. The molecule has 1 fully saturated rings. The SMILES string of the molecule is Cc1nn(C)c(Cl)c1CC1CCCCC(N)C1. The van der Waals surface area contributed by atoms with Crippen LogP contribution in [0.5, 0.6) is 0 Å². The van der Waals surface area contributed by atoms with E-state index in [0.717, 1.165) is 23.7 Å². The Bertz CT molecular complexity index is 386. The Kier molecular flexibility index (Phi) is 4.10. The lowest BCUT2D eigenvalue weighted by molar-refractivity contribution is 0.430. The molecule has 1 saturated carbocycles. The van der Waals surface area contributed by atoms with Crippen LogP contribution < -0.4 is 5.73 Å². The minimum atomic E-state index is 0.373. The summed E-state index contributed by atoms with van der Waals surface area (Å²) in [6.07, 6.45) is 7.19. The predicted molar refractivity (Wildman–Crippen MR) is 71.2 cm³/mol. The Morgan fingerprint density at radius 2 is 2.12 bits per heavy atom. The second kappa shape index (κ2) is 5.40. The quantitative estimate of drug-likeness (QED) is 0.826. The van der Waals surface area contributed by atoms with Gasteiger partial charge >= 0.3 is 0 Å². The molecule has 17 heavy (non-hydrogen) atoms. The molecule has 0 radical (unpaired) electrons. The van der Waals surface area contributed by atoms with Crippen LogP contribution in [0, 0.1) is 12.8 Å². The predicted octanol–water partition coefficient (Wildman–Crippen LogP) is 2.83. The number of hydrogen-bond acceptors (Lipinski definition) is 2. The second-order valence-corrected chi connectivity index (χ2v) is 5.69. The van der Waals surface area contributed by atoms with Gasteiger partial charge in [-0.2, -0.15) is 5.10 Å². The van der Waals surface area contributed by atoms with Crippen molar-refractivity contribution < 1.29 is 0 Å². The number of nitrogens with two attached hydrogens (primary N) is 1. The highest BCUT2D eigenvalue weighted by Gasteiger charge is 2.21. The molecule has 2 rings (SSSR count). The van der Waals surface area contributed by atoms with Gasteiger partial charge in [-0.25, -0.2) is 0 Å². The second-order valence-electron chi connectivity index (χ2n) is 5.33. The Hall–Kier alpha value is -0.540. The number of halogens is 1. The van der Waals surface area contributed by atoms with Crippen molar-refractivity contribution in [1.29, 1.82) is 0 Å². The van der Waals surface area contributed by atoms with Crippen LogP contribution in [-0.4, -0.2) is 15.8 Å². The molecule has 0 aromatic carbocycles. The first-order chi connectivity index (χ1) is 8.08. The van der Waals surface area contributed by atoms with E-state index in [9.17, 15) is 0 Å². The van der Waals surface area contributed by atoms with E-state index in [1.165, 1.54) is 31.2 Å². The van der Waals surface area contributed by atoms with Crippen LogP contribution in [0.2, 0.25) is 5.15 Å². The molecule has 4 heteroatoms. The zero-order valence-electron chi connectivity index (χ0n) is 10.7. The monoisotopic (exact) mass is 255 g/mol. The summed E-state index contributed by atoms with van der Waals surface area (Å²) in [5.74, 6) is 0.674. The van der Waals surface area contributed by atoms with Crippen LogP contribution in [-0.2, 0) is 13.5 Å². The maximum atomic E-state index is 6.28. The molecule has 1 aliphatic rings. The highest BCUT2D eigenvalue weighted by molar-refractivity contribution is 6.30. The number of hydrogen-bond donors (Lipinski definition) is 1. The highest BCUT2D eigenvalue weighted by Crippen LogP contribution is 2.29. The van der Waals surface area contributed by atoms with E-state index >= 15 is 0 Å². The third-order valence-corrected chi connectivity index (χ3v) is 4.31. The average molecular weight is 256 g/mol. The third kappa shape index (κ3) is 3.02. The van der Waals surface area contributed by atoms with Crippen molar-refractivity contribution in [2.24, 2.45) is 18.7 Å². The number of nitrogens with zero attached hydrogens (tertiary/aromatic N) is 2. The Morgan fingerprint density at radius 1 is 1.41 bits per heavy atom. The Balaban J connectivity index is 2.08. The molecular weight excluding hydrogens is 234 g/mol. The molecule has 0 saturated heterocycles. The lowest BCUT2D eigenvalue weighted by Crippen LogP contribution is -2.22. The van der Waals surface area contributed by atoms with Crippen LogP contribution in [0.25, 0.3) is 0 Å². The summed E-state index contributed by atoms with van der Waals surface area (Å²) >= 11 is 6.28. The first-order valence-corrected chi connectivity index (χ1v) is 6.89. The van der Waals surface area contributed by atoms with E-state index in [0.29, 0.717) is 12.0 Å². The molecular formula is C13H22ClN3. The topological polar surface area (TPSA) is 43.8 Å². The maximum absolute atomic E-state index is 6.28. The summed E-state index contributed by atoms with van der Waals surface area (Å²) in [7, 11) is 1.90. The van der Waals surface area contributed by atoms with Gasteiger partial charge < -0.3 is 5.73 Å². The molecule has 96 valence electrons. The number of aromatic nitrogens is 2. The van der Waals surface area contributed by atoms with Crippen molar-refractivity contribution >= 4 is 11.6 Å². The van der Waals surface area contributed by atoms with Crippen LogP contribution in [0.15, 0.2) is 0 Å². The zero-order valence-corrected chi connectivity index (χ0v) is 11.5. The molecule has 0 bridgehead atoms. The van der Waals surface area contributed by atoms with E-state index in [2.05, 4.69) is 5.10 Å². The largest absolute Gasteiger partial charge is 0.328 e. The summed E-state index contributed by atoms with van der Waals surface area (Å²) in [5.41, 5.74) is 8.39. The Morgan fingerprint density at radius 3 is 2.76 bits per heavy atom. The van der Waals surface area contributed by atoms with Gasteiger partial charge in [0.05, 0.1) is 5.69 Å². The summed E-state index contributed by atoms with van der Waals surface area (Å²) in [6, 6.07) is 0.373. The fraction of sp³-hybridized carbons (Fsp3) is 0.769. The molecule has 2 atom stereocenters. The van der Waals surface area contributed by atoms with Gasteiger partial charge in [0.2, 0.25) is 0 Å². The van der Waals surface area contributed by atoms with Crippen molar-refractivity contribution in [1.82, 2.24) is 9.78 Å². The first-order valence-electron chi connectivity index (χ1n) is 6.51. The smallest absolute Gasteiger partial charge is 0.130 e. The molecule has 1 heterocycles. The lowest BCUT2D eigenvalue weighted by atomic mass is 9.91. The van der Waals surface area contributed by atoms with Gasteiger partial charge in [-0.15, -0.1) is 0 Å². The summed E-state index contributed by atoms with van der Waals surface area (Å²) < 4.78 is 1.77. The molecule has 1 aliphatic carbocycles. The molecule has 2 unspecified atom stereocenters. The fourth-order valence-corrected chi connectivity index (χ4v) is 3.13. The van der Waals surface area contributed by atoms with Gasteiger partial charge in [-0.3, -0.25) is 4.68 Å². The van der Waals surface area contributed by atoms with Gasteiger partial charge in [0, 0.05) is 18.7 Å². The van der Waals surface area contributed by atoms with E-state index < -0.39 is 0 Å². The van der Waals surface area contributed by atoms with Crippen LogP contribution >= 0.6 is 11.6 Å². The van der Waals surface area contributed by atoms with Gasteiger partial charge in [0.25, 0.3) is 0 Å².